The molecule has 0 aromatic carbocycles. The normalized spacial score (nSPS) is 26.8. The van der Waals surface area contributed by atoms with Gasteiger partial charge in [-0.25, -0.2) is 4.39 Å². The predicted octanol–water partition coefficient (Wildman–Crippen LogP) is 1.63. The first-order valence-electron chi connectivity index (χ1n) is 3.98. The standard InChI is InChI=1S/C8H11ClFN3/c9-7-3-6(1-2-8(7)10)13-5-12-4-11/h3-4,8H,1-2,5H2,(H2,11,12). The monoisotopic (exact) mass is 203 g/mol. The van der Waals surface area contributed by atoms with Gasteiger partial charge in [0.1, 0.15) is 12.8 Å². The zero-order chi connectivity index (χ0) is 9.68. The average molecular weight is 204 g/mol. The van der Waals surface area contributed by atoms with E-state index in [4.69, 9.17) is 17.3 Å². The molecule has 0 aromatic heterocycles. The molecule has 1 unspecified atom stereocenters. The van der Waals surface area contributed by atoms with Gasteiger partial charge in [-0.3, -0.25) is 9.98 Å². The Balaban J connectivity index is 2.58. The first-order chi connectivity index (χ1) is 6.24. The molecule has 13 heavy (non-hydrogen) atoms. The van der Waals surface area contributed by atoms with Crippen LogP contribution in [0.15, 0.2) is 21.1 Å². The van der Waals surface area contributed by atoms with E-state index in [9.17, 15) is 4.39 Å². The number of nitrogens with two attached hydrogens (primary N) is 1. The number of aliphatic imine (C=N–C) groups is 2. The summed E-state index contributed by atoms with van der Waals surface area (Å²) in [5.41, 5.74) is 5.81. The molecule has 1 aliphatic rings. The fourth-order valence-corrected chi connectivity index (χ4v) is 1.27. The minimum Gasteiger partial charge on any atom is -0.390 e. The summed E-state index contributed by atoms with van der Waals surface area (Å²) in [7, 11) is 0. The lowest BCUT2D eigenvalue weighted by Gasteiger charge is -2.13. The van der Waals surface area contributed by atoms with Crippen molar-refractivity contribution in [2.45, 2.75) is 19.0 Å². The quantitative estimate of drug-likeness (QED) is 0.538. The van der Waals surface area contributed by atoms with Crippen LogP contribution >= 0.6 is 11.6 Å². The van der Waals surface area contributed by atoms with Crippen LogP contribution in [-0.2, 0) is 0 Å². The summed E-state index contributed by atoms with van der Waals surface area (Å²) in [6.45, 7) is 0.281. The van der Waals surface area contributed by atoms with Crippen molar-refractivity contribution in [2.75, 3.05) is 6.67 Å². The van der Waals surface area contributed by atoms with Crippen LogP contribution in [0.1, 0.15) is 12.8 Å². The SMILES string of the molecule is NC=NCN=C1C=C(Cl)C(F)CC1. The molecule has 0 saturated heterocycles. The van der Waals surface area contributed by atoms with Crippen LogP contribution in [0.25, 0.3) is 0 Å². The van der Waals surface area contributed by atoms with Gasteiger partial charge in [-0.15, -0.1) is 0 Å². The summed E-state index contributed by atoms with van der Waals surface area (Å²) >= 11 is 5.62. The lowest BCUT2D eigenvalue weighted by atomic mass is 10.0. The van der Waals surface area contributed by atoms with Crippen LogP contribution < -0.4 is 5.73 Å². The fourth-order valence-electron chi connectivity index (χ4n) is 1.04. The highest BCUT2D eigenvalue weighted by atomic mass is 35.5. The molecule has 0 aromatic rings. The molecule has 0 aliphatic heterocycles. The molecule has 0 heterocycles. The number of nitrogens with zero attached hydrogens (tertiary/aromatic N) is 2. The Morgan fingerprint density at radius 2 is 2.54 bits per heavy atom. The summed E-state index contributed by atoms with van der Waals surface area (Å²) in [4.78, 5) is 7.78. The van der Waals surface area contributed by atoms with Crippen LogP contribution in [0.2, 0.25) is 0 Å². The molecular weight excluding hydrogens is 193 g/mol. The Labute approximate surface area is 81.2 Å². The summed E-state index contributed by atoms with van der Waals surface area (Å²) in [6, 6.07) is 0. The molecule has 1 rings (SSSR count). The van der Waals surface area contributed by atoms with E-state index in [1.165, 1.54) is 6.34 Å². The van der Waals surface area contributed by atoms with E-state index < -0.39 is 6.17 Å². The highest BCUT2D eigenvalue weighted by molar-refractivity contribution is 6.32. The van der Waals surface area contributed by atoms with Gasteiger partial charge in [0.25, 0.3) is 0 Å². The first kappa shape index (κ1) is 10.2. The third kappa shape index (κ3) is 3.14. The maximum Gasteiger partial charge on any atom is 0.136 e. The Morgan fingerprint density at radius 3 is 3.15 bits per heavy atom. The zero-order valence-electron chi connectivity index (χ0n) is 7.08. The van der Waals surface area contributed by atoms with Crippen molar-refractivity contribution in [3.05, 3.63) is 11.1 Å². The molecule has 0 amide bonds. The third-order valence-electron chi connectivity index (χ3n) is 1.72. The van der Waals surface area contributed by atoms with E-state index in [-0.39, 0.29) is 11.7 Å². The van der Waals surface area contributed by atoms with Gasteiger partial charge in [0, 0.05) is 5.71 Å². The van der Waals surface area contributed by atoms with Crippen molar-refractivity contribution in [1.29, 1.82) is 0 Å². The maximum absolute atomic E-state index is 12.8. The zero-order valence-corrected chi connectivity index (χ0v) is 7.84. The van der Waals surface area contributed by atoms with E-state index in [0.717, 1.165) is 5.71 Å². The van der Waals surface area contributed by atoms with Crippen molar-refractivity contribution >= 4 is 23.7 Å². The molecule has 0 spiro atoms. The second kappa shape index (κ2) is 4.97. The fraction of sp³-hybridized carbons (Fsp3) is 0.500. The van der Waals surface area contributed by atoms with E-state index in [1.54, 1.807) is 6.08 Å². The van der Waals surface area contributed by atoms with Crippen LogP contribution in [0.5, 0.6) is 0 Å². The van der Waals surface area contributed by atoms with Crippen molar-refractivity contribution in [2.24, 2.45) is 15.7 Å². The van der Waals surface area contributed by atoms with Gasteiger partial charge in [-0.1, -0.05) is 11.6 Å². The molecule has 5 heteroatoms. The van der Waals surface area contributed by atoms with E-state index >= 15 is 0 Å². The summed E-state index contributed by atoms with van der Waals surface area (Å²) in [6.07, 6.45) is 2.73. The lowest BCUT2D eigenvalue weighted by Crippen LogP contribution is -2.12. The number of halogens is 2. The molecule has 72 valence electrons. The largest absolute Gasteiger partial charge is 0.390 e. The smallest absolute Gasteiger partial charge is 0.136 e. The summed E-state index contributed by atoms with van der Waals surface area (Å²) in [5.74, 6) is 0. The van der Waals surface area contributed by atoms with Crippen LogP contribution in [0, 0.1) is 0 Å². The second-order valence-corrected chi connectivity index (χ2v) is 3.09. The highest BCUT2D eigenvalue weighted by Crippen LogP contribution is 2.22. The van der Waals surface area contributed by atoms with Gasteiger partial charge in [-0.05, 0) is 18.9 Å². The molecular formula is C8H11ClFN3. The number of hydrogen-bond donors (Lipinski definition) is 1. The van der Waals surface area contributed by atoms with Gasteiger partial charge in [-0.2, -0.15) is 0 Å². The third-order valence-corrected chi connectivity index (χ3v) is 2.06. The average Bonchev–Trinajstić information content (AvgIpc) is 2.12. The predicted molar refractivity (Wildman–Crippen MR) is 53.0 cm³/mol. The van der Waals surface area contributed by atoms with E-state index in [0.29, 0.717) is 12.8 Å². The van der Waals surface area contributed by atoms with Crippen molar-refractivity contribution in [3.8, 4) is 0 Å². The number of alkyl halides is 1. The molecule has 1 atom stereocenters. The summed E-state index contributed by atoms with van der Waals surface area (Å²) < 4.78 is 12.8. The number of hydrogen-bond acceptors (Lipinski definition) is 2. The van der Waals surface area contributed by atoms with Gasteiger partial charge in [0.2, 0.25) is 0 Å². The molecule has 0 fully saturated rings. The van der Waals surface area contributed by atoms with Gasteiger partial charge < -0.3 is 5.73 Å². The van der Waals surface area contributed by atoms with Crippen molar-refractivity contribution in [1.82, 2.24) is 0 Å². The Bertz CT molecular complexity index is 260. The Kier molecular flexibility index (Phi) is 3.89. The van der Waals surface area contributed by atoms with Crippen molar-refractivity contribution < 1.29 is 4.39 Å². The molecule has 1 aliphatic carbocycles. The number of rotatable bonds is 2. The summed E-state index contributed by atoms with van der Waals surface area (Å²) in [5, 5.41) is 0.224. The topological polar surface area (TPSA) is 50.7 Å². The molecule has 2 N–H and O–H groups in total. The minimum absolute atomic E-state index is 0.224. The minimum atomic E-state index is -1.03. The van der Waals surface area contributed by atoms with Crippen LogP contribution in [-0.4, -0.2) is 24.9 Å². The van der Waals surface area contributed by atoms with E-state index in [1.807, 2.05) is 0 Å². The molecule has 0 radical (unpaired) electrons. The first-order valence-corrected chi connectivity index (χ1v) is 4.36. The molecule has 0 bridgehead atoms. The molecule has 0 saturated carbocycles. The highest BCUT2D eigenvalue weighted by Gasteiger charge is 2.17. The van der Waals surface area contributed by atoms with Gasteiger partial charge in [0.15, 0.2) is 0 Å². The second-order valence-electron chi connectivity index (χ2n) is 2.66. The Hall–Kier alpha value is -0.900. The van der Waals surface area contributed by atoms with Crippen molar-refractivity contribution in [3.63, 3.8) is 0 Å². The van der Waals surface area contributed by atoms with Crippen LogP contribution in [0.3, 0.4) is 0 Å². The molecule has 3 nitrogen and oxygen atoms in total. The lowest BCUT2D eigenvalue weighted by molar-refractivity contribution is 0.373. The van der Waals surface area contributed by atoms with Gasteiger partial charge >= 0.3 is 0 Å². The van der Waals surface area contributed by atoms with E-state index in [2.05, 4.69) is 9.98 Å². The van der Waals surface area contributed by atoms with Gasteiger partial charge in [0.05, 0.1) is 11.4 Å². The maximum atomic E-state index is 12.8. The number of allylic oxidation sites excluding steroid dienone is 2. The Morgan fingerprint density at radius 1 is 1.77 bits per heavy atom. The van der Waals surface area contributed by atoms with Crippen LogP contribution in [0.4, 0.5) is 4.39 Å².